The maximum atomic E-state index is 8.35. The Morgan fingerprint density at radius 1 is 1.86 bits per heavy atom. The number of hydrazine groups is 1. The van der Waals surface area contributed by atoms with Gasteiger partial charge in [0.1, 0.15) is 0 Å². The summed E-state index contributed by atoms with van der Waals surface area (Å²) in [6.07, 6.45) is 0.958. The van der Waals surface area contributed by atoms with Gasteiger partial charge in [0.25, 0.3) is 5.88 Å². The molecule has 0 aromatic carbocycles. The summed E-state index contributed by atoms with van der Waals surface area (Å²) in [5.74, 6) is -0.361. The van der Waals surface area contributed by atoms with E-state index in [1.165, 1.54) is 0 Å². The molecule has 5 nitrogen and oxygen atoms in total. The van der Waals surface area contributed by atoms with E-state index in [1.54, 1.807) is 0 Å². The Balaban J connectivity index is 2.54. The molecule has 7 heavy (non-hydrogen) atoms. The third-order valence-electron chi connectivity index (χ3n) is 0.521. The van der Waals surface area contributed by atoms with E-state index in [4.69, 9.17) is 10.3 Å². The first-order chi connectivity index (χ1) is 3.30. The molecule has 40 valence electrons. The molecule has 0 aliphatic carbocycles. The van der Waals surface area contributed by atoms with Gasteiger partial charge in [-0.05, 0) is 5.59 Å². The molecule has 0 aromatic rings. The predicted octanol–water partition coefficient (Wildman–Crippen LogP) is -0.516. The molecule has 1 heterocycles. The Bertz CT molecular complexity index is 101. The molecule has 1 aliphatic heterocycles. The second kappa shape index (κ2) is 1.28. The molecule has 0 unspecified atom stereocenters. The van der Waals surface area contributed by atoms with Crippen LogP contribution in [-0.4, -0.2) is 15.5 Å². The lowest BCUT2D eigenvalue weighted by Crippen LogP contribution is -2.26. The average molecular weight is 104 g/mol. The van der Waals surface area contributed by atoms with Crippen LogP contribution in [0.1, 0.15) is 0 Å². The zero-order chi connectivity index (χ0) is 5.28. The van der Waals surface area contributed by atoms with Crippen LogP contribution in [0.25, 0.3) is 0 Å². The maximum Gasteiger partial charge on any atom is 0.268 e. The van der Waals surface area contributed by atoms with Crippen molar-refractivity contribution in [2.75, 3.05) is 0 Å². The predicted molar refractivity (Wildman–Crippen MR) is 18.6 cm³/mol. The SMILES string of the molecule is OC1=CONN1O. The molecule has 3 N–H and O–H groups in total. The van der Waals surface area contributed by atoms with Gasteiger partial charge in [0.2, 0.25) is 0 Å². The molecule has 0 atom stereocenters. The molecule has 0 radical (unpaired) electrons. The summed E-state index contributed by atoms with van der Waals surface area (Å²) in [6.45, 7) is 0. The Morgan fingerprint density at radius 3 is 2.71 bits per heavy atom. The minimum atomic E-state index is -0.361. The van der Waals surface area contributed by atoms with E-state index in [1.807, 2.05) is 5.59 Å². The molecule has 0 aromatic heterocycles. The van der Waals surface area contributed by atoms with E-state index < -0.39 is 0 Å². The van der Waals surface area contributed by atoms with Gasteiger partial charge in [-0.3, -0.25) is 5.21 Å². The lowest BCUT2D eigenvalue weighted by molar-refractivity contribution is -0.184. The van der Waals surface area contributed by atoms with Gasteiger partial charge >= 0.3 is 0 Å². The maximum absolute atomic E-state index is 8.35. The number of aliphatic hydroxyl groups excluding tert-OH is 1. The fourth-order valence-electron chi connectivity index (χ4n) is 0.226. The summed E-state index contributed by atoms with van der Waals surface area (Å²) in [4.78, 5) is 4.18. The van der Waals surface area contributed by atoms with Gasteiger partial charge in [0.05, 0.1) is 0 Å². The number of hydrogen-bond acceptors (Lipinski definition) is 5. The van der Waals surface area contributed by atoms with E-state index in [2.05, 4.69) is 4.84 Å². The molecule has 0 bridgehead atoms. The number of hydrogen-bond donors (Lipinski definition) is 3. The summed E-state index contributed by atoms with van der Waals surface area (Å²) in [6, 6.07) is 0. The van der Waals surface area contributed by atoms with E-state index in [9.17, 15) is 0 Å². The number of rotatable bonds is 0. The summed E-state index contributed by atoms with van der Waals surface area (Å²) in [5, 5.41) is 17.0. The van der Waals surface area contributed by atoms with Crippen molar-refractivity contribution in [1.29, 1.82) is 0 Å². The Morgan fingerprint density at radius 2 is 2.57 bits per heavy atom. The highest BCUT2D eigenvalue weighted by Crippen LogP contribution is 1.97. The molecule has 1 rings (SSSR count). The van der Waals surface area contributed by atoms with Gasteiger partial charge in [0.15, 0.2) is 6.26 Å². The molecule has 0 saturated heterocycles. The number of nitrogens with zero attached hydrogens (tertiary/aromatic N) is 1. The highest BCUT2D eigenvalue weighted by molar-refractivity contribution is 4.80. The van der Waals surface area contributed by atoms with Crippen molar-refractivity contribution in [1.82, 2.24) is 10.8 Å². The largest absolute Gasteiger partial charge is 0.490 e. The zero-order valence-electron chi connectivity index (χ0n) is 3.33. The quantitative estimate of drug-likeness (QED) is 0.386. The van der Waals surface area contributed by atoms with Crippen LogP contribution in [0.3, 0.4) is 0 Å². The first-order valence-electron chi connectivity index (χ1n) is 1.60. The van der Waals surface area contributed by atoms with Crippen LogP contribution >= 0.6 is 0 Å². The zero-order valence-corrected chi connectivity index (χ0v) is 3.33. The van der Waals surface area contributed by atoms with Gasteiger partial charge in [0, 0.05) is 0 Å². The standard InChI is InChI=1S/C2H4N2O3/c5-2-1-7-3-4(2)6/h1,3,5-6H. The summed E-state index contributed by atoms with van der Waals surface area (Å²) >= 11 is 0. The molecular weight excluding hydrogens is 100 g/mol. The fourth-order valence-corrected chi connectivity index (χ4v) is 0.226. The molecule has 1 aliphatic rings. The van der Waals surface area contributed by atoms with E-state index in [0.29, 0.717) is 5.17 Å². The second-order valence-electron chi connectivity index (χ2n) is 0.997. The Labute approximate surface area is 39.3 Å². The van der Waals surface area contributed by atoms with Crippen LogP contribution in [0, 0.1) is 0 Å². The Kier molecular flexibility index (Phi) is 0.775. The highest BCUT2D eigenvalue weighted by atomic mass is 16.8. The van der Waals surface area contributed by atoms with E-state index in [0.717, 1.165) is 6.26 Å². The topological polar surface area (TPSA) is 65.0 Å². The van der Waals surface area contributed by atoms with Gasteiger partial charge < -0.3 is 9.94 Å². The minimum Gasteiger partial charge on any atom is -0.490 e. The highest BCUT2D eigenvalue weighted by Gasteiger charge is 2.09. The van der Waals surface area contributed by atoms with Crippen molar-refractivity contribution < 1.29 is 15.2 Å². The number of aliphatic hydroxyl groups is 1. The average Bonchev–Trinajstić information content (AvgIpc) is 1.91. The lowest BCUT2D eigenvalue weighted by Gasteiger charge is -2.02. The van der Waals surface area contributed by atoms with Crippen LogP contribution in [0.2, 0.25) is 0 Å². The van der Waals surface area contributed by atoms with Crippen molar-refractivity contribution in [3.63, 3.8) is 0 Å². The van der Waals surface area contributed by atoms with Gasteiger partial charge in [-0.2, -0.15) is 0 Å². The molecule has 0 fully saturated rings. The van der Waals surface area contributed by atoms with E-state index >= 15 is 0 Å². The van der Waals surface area contributed by atoms with Crippen LogP contribution < -0.4 is 5.59 Å². The monoisotopic (exact) mass is 104 g/mol. The van der Waals surface area contributed by atoms with Crippen molar-refractivity contribution in [3.05, 3.63) is 12.1 Å². The van der Waals surface area contributed by atoms with Gasteiger partial charge in [-0.25, -0.2) is 0 Å². The van der Waals surface area contributed by atoms with Crippen molar-refractivity contribution in [2.45, 2.75) is 0 Å². The summed E-state index contributed by atoms with van der Waals surface area (Å²) < 4.78 is 0. The smallest absolute Gasteiger partial charge is 0.268 e. The van der Waals surface area contributed by atoms with Crippen molar-refractivity contribution in [2.24, 2.45) is 0 Å². The third-order valence-corrected chi connectivity index (χ3v) is 0.521. The first-order valence-corrected chi connectivity index (χ1v) is 1.60. The van der Waals surface area contributed by atoms with Gasteiger partial charge in [-0.1, -0.05) is 0 Å². The van der Waals surface area contributed by atoms with Gasteiger partial charge in [-0.15, -0.1) is 5.17 Å². The van der Waals surface area contributed by atoms with Crippen LogP contribution in [-0.2, 0) is 4.84 Å². The molecule has 0 amide bonds. The van der Waals surface area contributed by atoms with E-state index in [-0.39, 0.29) is 5.88 Å². The van der Waals surface area contributed by atoms with Crippen LogP contribution in [0.5, 0.6) is 0 Å². The molecule has 0 saturated carbocycles. The molecule has 5 heteroatoms. The van der Waals surface area contributed by atoms with Crippen molar-refractivity contribution >= 4 is 0 Å². The summed E-state index contributed by atoms with van der Waals surface area (Å²) in [7, 11) is 0. The first kappa shape index (κ1) is 4.23. The lowest BCUT2D eigenvalue weighted by atomic mass is 10.9. The number of hydroxylamine groups is 1. The van der Waals surface area contributed by atoms with Crippen LogP contribution in [0.15, 0.2) is 12.1 Å². The second-order valence-corrected chi connectivity index (χ2v) is 0.997. The summed E-state index contributed by atoms with van der Waals surface area (Å²) in [5.41, 5.74) is 1.92. The van der Waals surface area contributed by atoms with Crippen molar-refractivity contribution in [3.8, 4) is 0 Å². The normalized spacial score (nSPS) is 19.0. The molecular formula is C2H4N2O3. The van der Waals surface area contributed by atoms with Crippen LogP contribution in [0.4, 0.5) is 0 Å². The number of nitrogens with one attached hydrogen (secondary N) is 1. The Hall–Kier alpha value is -0.940. The fraction of sp³-hybridized carbons (Fsp3) is 0. The third kappa shape index (κ3) is 0.577. The molecule has 0 spiro atoms. The minimum absolute atomic E-state index is 0.347.